The number of hydrogen-bond donors (Lipinski definition) is 0. The lowest BCUT2D eigenvalue weighted by Gasteiger charge is -2.36. The Morgan fingerprint density at radius 3 is 2.24 bits per heavy atom. The molecule has 1 aliphatic heterocycles. The normalized spacial score (nSPS) is 15.6. The monoisotopic (exact) mass is 355 g/mol. The molecule has 0 N–H and O–H groups in total. The molecule has 9 heteroatoms. The third kappa shape index (κ3) is 3.64. The summed E-state index contributed by atoms with van der Waals surface area (Å²) >= 11 is 0. The number of alkyl halides is 3. The van der Waals surface area contributed by atoms with E-state index in [9.17, 15) is 17.6 Å². The molecular formula is C16H17F4N5. The Bertz CT molecular complexity index is 724. The molecule has 134 valence electrons. The van der Waals surface area contributed by atoms with Gasteiger partial charge in [-0.15, -0.1) is 0 Å². The van der Waals surface area contributed by atoms with Gasteiger partial charge in [-0.05, 0) is 18.6 Å². The first-order chi connectivity index (χ1) is 11.9. The van der Waals surface area contributed by atoms with Crippen LogP contribution in [0.1, 0.15) is 18.3 Å². The number of halogens is 4. The molecule has 1 aliphatic rings. The molecule has 2 aromatic heterocycles. The van der Waals surface area contributed by atoms with Gasteiger partial charge in [-0.1, -0.05) is 6.92 Å². The maximum absolute atomic E-state index is 14.3. The van der Waals surface area contributed by atoms with Gasteiger partial charge in [0.1, 0.15) is 12.0 Å². The fraction of sp³-hybridized carbons (Fsp3) is 0.438. The van der Waals surface area contributed by atoms with Crippen molar-refractivity contribution >= 4 is 11.5 Å². The number of nitrogens with zero attached hydrogens (tertiary/aromatic N) is 5. The van der Waals surface area contributed by atoms with Gasteiger partial charge >= 0.3 is 6.18 Å². The summed E-state index contributed by atoms with van der Waals surface area (Å²) in [6, 6.07) is 2.38. The highest BCUT2D eigenvalue weighted by Crippen LogP contribution is 2.29. The van der Waals surface area contributed by atoms with Gasteiger partial charge in [0.25, 0.3) is 0 Å². The average molecular weight is 355 g/mol. The summed E-state index contributed by atoms with van der Waals surface area (Å²) in [4.78, 5) is 15.2. The van der Waals surface area contributed by atoms with Gasteiger partial charge in [0.2, 0.25) is 0 Å². The van der Waals surface area contributed by atoms with Crippen LogP contribution in [0.2, 0.25) is 0 Å². The predicted molar refractivity (Wildman–Crippen MR) is 85.0 cm³/mol. The minimum Gasteiger partial charge on any atom is -0.367 e. The minimum absolute atomic E-state index is 0.275. The molecule has 0 spiro atoms. The van der Waals surface area contributed by atoms with E-state index in [0.29, 0.717) is 44.0 Å². The summed E-state index contributed by atoms with van der Waals surface area (Å²) < 4.78 is 52.0. The standard InChI is InChI=1S/C16H17F4N5/c1-2-12-14(17)15(23-10-22-12)25-7-5-24(6-8-25)11-3-4-13(21-9-11)16(18,19)20/h3-4,9-10H,2,5-8H2,1H3. The van der Waals surface area contributed by atoms with Crippen molar-refractivity contribution in [1.29, 1.82) is 0 Å². The number of anilines is 2. The van der Waals surface area contributed by atoms with Crippen LogP contribution in [0, 0.1) is 5.82 Å². The van der Waals surface area contributed by atoms with Crippen molar-refractivity contribution in [1.82, 2.24) is 15.0 Å². The van der Waals surface area contributed by atoms with E-state index in [1.165, 1.54) is 18.6 Å². The fourth-order valence-corrected chi connectivity index (χ4v) is 2.78. The molecule has 0 aliphatic carbocycles. The SMILES string of the molecule is CCc1ncnc(N2CCN(c3ccc(C(F)(F)F)nc3)CC2)c1F. The van der Waals surface area contributed by atoms with E-state index in [1.54, 1.807) is 0 Å². The number of pyridine rings is 1. The lowest BCUT2D eigenvalue weighted by molar-refractivity contribution is -0.141. The van der Waals surface area contributed by atoms with Crippen LogP contribution in [0.3, 0.4) is 0 Å². The Morgan fingerprint density at radius 2 is 1.68 bits per heavy atom. The van der Waals surface area contributed by atoms with Crippen LogP contribution < -0.4 is 9.80 Å². The second-order valence-electron chi connectivity index (χ2n) is 5.68. The third-order valence-electron chi connectivity index (χ3n) is 4.16. The Labute approximate surface area is 142 Å². The topological polar surface area (TPSA) is 45.2 Å². The number of aromatic nitrogens is 3. The van der Waals surface area contributed by atoms with E-state index in [1.807, 2.05) is 16.7 Å². The van der Waals surface area contributed by atoms with Crippen LogP contribution >= 0.6 is 0 Å². The number of rotatable bonds is 3. The van der Waals surface area contributed by atoms with Crippen molar-refractivity contribution in [2.45, 2.75) is 19.5 Å². The van der Waals surface area contributed by atoms with Gasteiger partial charge < -0.3 is 9.80 Å². The van der Waals surface area contributed by atoms with E-state index in [2.05, 4.69) is 15.0 Å². The molecule has 3 heterocycles. The zero-order valence-corrected chi connectivity index (χ0v) is 13.6. The minimum atomic E-state index is -4.45. The molecule has 3 rings (SSSR count). The number of hydrogen-bond acceptors (Lipinski definition) is 5. The fourth-order valence-electron chi connectivity index (χ4n) is 2.78. The van der Waals surface area contributed by atoms with Crippen LogP contribution in [0.25, 0.3) is 0 Å². The first-order valence-corrected chi connectivity index (χ1v) is 7.92. The molecule has 1 saturated heterocycles. The largest absolute Gasteiger partial charge is 0.433 e. The second kappa shape index (κ2) is 6.81. The average Bonchev–Trinajstić information content (AvgIpc) is 2.61. The zero-order chi connectivity index (χ0) is 18.0. The summed E-state index contributed by atoms with van der Waals surface area (Å²) in [5.41, 5.74) is 0.0782. The van der Waals surface area contributed by atoms with E-state index < -0.39 is 17.7 Å². The van der Waals surface area contributed by atoms with Gasteiger partial charge in [-0.25, -0.2) is 19.3 Å². The molecule has 0 amide bonds. The van der Waals surface area contributed by atoms with Crippen LogP contribution in [-0.2, 0) is 12.6 Å². The maximum Gasteiger partial charge on any atom is 0.433 e. The van der Waals surface area contributed by atoms with E-state index >= 15 is 0 Å². The predicted octanol–water partition coefficient (Wildman–Crippen LogP) is 2.92. The molecule has 0 radical (unpaired) electrons. The molecule has 5 nitrogen and oxygen atoms in total. The smallest absolute Gasteiger partial charge is 0.367 e. The molecule has 0 atom stereocenters. The van der Waals surface area contributed by atoms with Gasteiger partial charge in [0.05, 0.1) is 17.6 Å². The maximum atomic E-state index is 14.3. The van der Waals surface area contributed by atoms with E-state index in [4.69, 9.17) is 0 Å². The Morgan fingerprint density at radius 1 is 1.00 bits per heavy atom. The molecule has 0 bridgehead atoms. The Hall–Kier alpha value is -2.45. The highest BCUT2D eigenvalue weighted by atomic mass is 19.4. The summed E-state index contributed by atoms with van der Waals surface area (Å²) in [5, 5.41) is 0. The first kappa shape index (κ1) is 17.4. The third-order valence-corrected chi connectivity index (χ3v) is 4.16. The highest BCUT2D eigenvalue weighted by Gasteiger charge is 2.32. The summed E-state index contributed by atoms with van der Waals surface area (Å²) in [5.74, 6) is -0.133. The zero-order valence-electron chi connectivity index (χ0n) is 13.6. The van der Waals surface area contributed by atoms with E-state index in [-0.39, 0.29) is 5.82 Å². The molecule has 25 heavy (non-hydrogen) atoms. The van der Waals surface area contributed by atoms with Crippen LogP contribution in [0.5, 0.6) is 0 Å². The van der Waals surface area contributed by atoms with Crippen LogP contribution in [-0.4, -0.2) is 41.1 Å². The molecule has 0 unspecified atom stereocenters. The van der Waals surface area contributed by atoms with Crippen LogP contribution in [0.4, 0.5) is 29.1 Å². The Kier molecular flexibility index (Phi) is 4.73. The van der Waals surface area contributed by atoms with E-state index in [0.717, 1.165) is 6.07 Å². The molecule has 0 saturated carbocycles. The van der Waals surface area contributed by atoms with Crippen molar-refractivity contribution in [3.63, 3.8) is 0 Å². The lowest BCUT2D eigenvalue weighted by atomic mass is 10.2. The Balaban J connectivity index is 1.68. The second-order valence-corrected chi connectivity index (χ2v) is 5.68. The summed E-state index contributed by atoms with van der Waals surface area (Å²) in [7, 11) is 0. The number of piperazine rings is 1. The molecule has 1 fully saturated rings. The molecule has 0 aromatic carbocycles. The van der Waals surface area contributed by atoms with Crippen molar-refractivity contribution < 1.29 is 17.6 Å². The van der Waals surface area contributed by atoms with Gasteiger partial charge in [-0.2, -0.15) is 13.2 Å². The first-order valence-electron chi connectivity index (χ1n) is 7.92. The molecule has 2 aromatic rings. The van der Waals surface area contributed by atoms with Gasteiger partial charge in [-0.3, -0.25) is 0 Å². The van der Waals surface area contributed by atoms with Crippen molar-refractivity contribution in [2.75, 3.05) is 36.0 Å². The summed E-state index contributed by atoms with van der Waals surface area (Å²) in [6.45, 7) is 3.93. The van der Waals surface area contributed by atoms with Crippen molar-refractivity contribution in [3.8, 4) is 0 Å². The lowest BCUT2D eigenvalue weighted by Crippen LogP contribution is -2.47. The number of aryl methyl sites for hydroxylation is 1. The van der Waals surface area contributed by atoms with Gasteiger partial charge in [0.15, 0.2) is 11.6 Å². The van der Waals surface area contributed by atoms with Crippen molar-refractivity contribution in [3.05, 3.63) is 41.9 Å². The summed E-state index contributed by atoms with van der Waals surface area (Å²) in [6.07, 6.45) is -1.39. The van der Waals surface area contributed by atoms with Crippen LogP contribution in [0.15, 0.2) is 24.7 Å². The quantitative estimate of drug-likeness (QED) is 0.793. The molecular weight excluding hydrogens is 338 g/mol. The van der Waals surface area contributed by atoms with Crippen molar-refractivity contribution in [2.24, 2.45) is 0 Å². The van der Waals surface area contributed by atoms with Gasteiger partial charge in [0, 0.05) is 26.2 Å². The highest BCUT2D eigenvalue weighted by molar-refractivity contribution is 5.49.